The second-order valence-electron chi connectivity index (χ2n) is 8.09. The Morgan fingerprint density at radius 2 is 1.94 bits per heavy atom. The van der Waals surface area contributed by atoms with E-state index in [1.165, 1.54) is 6.33 Å². The van der Waals surface area contributed by atoms with Crippen LogP contribution in [0.15, 0.2) is 36.7 Å². The molecule has 3 aromatic rings. The van der Waals surface area contributed by atoms with Crippen molar-refractivity contribution in [2.24, 2.45) is 11.7 Å². The number of rotatable bonds is 3. The van der Waals surface area contributed by atoms with Crippen molar-refractivity contribution in [3.63, 3.8) is 0 Å². The van der Waals surface area contributed by atoms with Crippen molar-refractivity contribution in [3.8, 4) is 5.75 Å². The van der Waals surface area contributed by atoms with Gasteiger partial charge in [-0.25, -0.2) is 9.97 Å². The van der Waals surface area contributed by atoms with Crippen LogP contribution in [0.2, 0.25) is 0 Å². The summed E-state index contributed by atoms with van der Waals surface area (Å²) in [6.07, 6.45) is -1.92. The van der Waals surface area contributed by atoms with Crippen LogP contribution < -0.4 is 15.8 Å². The molecule has 7 nitrogen and oxygen atoms in total. The van der Waals surface area contributed by atoms with Crippen molar-refractivity contribution in [3.05, 3.63) is 47.9 Å². The first-order chi connectivity index (χ1) is 14.9. The van der Waals surface area contributed by atoms with Gasteiger partial charge in [0.2, 0.25) is 0 Å². The van der Waals surface area contributed by atoms with Crippen LogP contribution >= 0.6 is 0 Å². The summed E-state index contributed by atoms with van der Waals surface area (Å²) in [5.74, 6) is 0.915. The van der Waals surface area contributed by atoms with Crippen molar-refractivity contribution in [2.75, 3.05) is 25.1 Å². The fourth-order valence-electron chi connectivity index (χ4n) is 4.51. The number of alkyl halides is 3. The summed E-state index contributed by atoms with van der Waals surface area (Å²) >= 11 is 0. The minimum absolute atomic E-state index is 0.121. The number of hydrogen-bond donors (Lipinski definition) is 3. The summed E-state index contributed by atoms with van der Waals surface area (Å²) in [5.41, 5.74) is 6.44. The molecule has 5 rings (SSSR count). The van der Waals surface area contributed by atoms with E-state index in [1.807, 2.05) is 24.3 Å². The van der Waals surface area contributed by atoms with Gasteiger partial charge in [0.05, 0.1) is 18.0 Å². The molecule has 0 amide bonds. The zero-order valence-corrected chi connectivity index (χ0v) is 16.6. The Morgan fingerprint density at radius 1 is 1.16 bits per heavy atom. The highest BCUT2D eigenvalue weighted by atomic mass is 19.4. The molecule has 0 bridgehead atoms. The van der Waals surface area contributed by atoms with E-state index in [1.54, 1.807) is 0 Å². The molecule has 10 heteroatoms. The highest BCUT2D eigenvalue weighted by molar-refractivity contribution is 5.88. The molecule has 0 aliphatic carbocycles. The van der Waals surface area contributed by atoms with E-state index >= 15 is 0 Å². The number of nitrogens with two attached hydrogens (primary N) is 1. The molecule has 4 N–H and O–H groups in total. The van der Waals surface area contributed by atoms with Gasteiger partial charge in [-0.3, -0.25) is 0 Å². The predicted octanol–water partition coefficient (Wildman–Crippen LogP) is 3.65. The number of ether oxygens (including phenoxy) is 2. The van der Waals surface area contributed by atoms with Gasteiger partial charge in [-0.05, 0) is 25.0 Å². The topological polar surface area (TPSA) is 98.1 Å². The average molecular weight is 433 g/mol. The van der Waals surface area contributed by atoms with Gasteiger partial charge in [-0.2, -0.15) is 13.2 Å². The van der Waals surface area contributed by atoms with E-state index < -0.39 is 17.4 Å². The van der Waals surface area contributed by atoms with E-state index in [0.717, 1.165) is 17.4 Å². The van der Waals surface area contributed by atoms with Gasteiger partial charge >= 0.3 is 6.18 Å². The number of para-hydroxylation sites is 1. The minimum Gasteiger partial charge on any atom is -0.493 e. The number of fused-ring (bicyclic) bond motifs is 2. The number of H-pyrrole nitrogens is 1. The Bertz CT molecular complexity index is 1090. The summed E-state index contributed by atoms with van der Waals surface area (Å²) in [7, 11) is 0. The molecule has 1 saturated heterocycles. The lowest BCUT2D eigenvalue weighted by atomic mass is 9.72. The number of anilines is 1. The van der Waals surface area contributed by atoms with Gasteiger partial charge in [0.1, 0.15) is 29.2 Å². The Labute approximate surface area is 176 Å². The number of aromatic amines is 1. The second kappa shape index (κ2) is 7.38. The number of halogens is 3. The Kier molecular flexibility index (Phi) is 4.78. The molecule has 2 aliphatic heterocycles. The second-order valence-corrected chi connectivity index (χ2v) is 8.09. The van der Waals surface area contributed by atoms with Crippen LogP contribution in [-0.4, -0.2) is 40.3 Å². The van der Waals surface area contributed by atoms with E-state index in [0.29, 0.717) is 38.5 Å². The van der Waals surface area contributed by atoms with Crippen LogP contribution in [0.4, 0.5) is 19.0 Å². The summed E-state index contributed by atoms with van der Waals surface area (Å²) in [5, 5.41) is 3.65. The van der Waals surface area contributed by atoms with Crippen LogP contribution in [0.1, 0.15) is 30.1 Å². The number of aromatic nitrogens is 3. The van der Waals surface area contributed by atoms with Gasteiger partial charge in [0, 0.05) is 30.2 Å². The summed E-state index contributed by atoms with van der Waals surface area (Å²) in [4.78, 5) is 10.6. The maximum atomic E-state index is 13.2. The third-order valence-electron chi connectivity index (χ3n) is 6.26. The lowest BCUT2D eigenvalue weighted by Gasteiger charge is -2.46. The van der Waals surface area contributed by atoms with Gasteiger partial charge in [0.25, 0.3) is 0 Å². The maximum absolute atomic E-state index is 13.2. The lowest BCUT2D eigenvalue weighted by molar-refractivity contribution is -0.140. The monoisotopic (exact) mass is 433 g/mol. The summed E-state index contributed by atoms with van der Waals surface area (Å²) < 4.78 is 51.2. The van der Waals surface area contributed by atoms with Crippen LogP contribution in [0, 0.1) is 5.92 Å². The quantitative estimate of drug-likeness (QED) is 0.583. The largest absolute Gasteiger partial charge is 0.493 e. The summed E-state index contributed by atoms with van der Waals surface area (Å²) in [6, 6.07) is 8.34. The van der Waals surface area contributed by atoms with Crippen LogP contribution in [0.25, 0.3) is 11.0 Å². The molecule has 2 atom stereocenters. The standard InChI is InChI=1S/C21H22F3N5O2/c22-21(23,24)16-9-13-18(28-16)26-11-27-19(13)29-17-12-3-1-2-4-15(12)31-10-14(17)20(25)5-7-30-8-6-20/h1-4,9,11,14,17H,5-8,10,25H2,(H2,26,27,28,29)/t14-,17-/m0/s1. The zero-order chi connectivity index (χ0) is 21.6. The molecule has 0 saturated carbocycles. The van der Waals surface area contributed by atoms with Crippen molar-refractivity contribution < 1.29 is 22.6 Å². The predicted molar refractivity (Wildman–Crippen MR) is 108 cm³/mol. The molecule has 0 radical (unpaired) electrons. The Morgan fingerprint density at radius 3 is 2.71 bits per heavy atom. The molecule has 0 spiro atoms. The molecular weight excluding hydrogens is 411 g/mol. The zero-order valence-electron chi connectivity index (χ0n) is 16.6. The smallest absolute Gasteiger partial charge is 0.431 e. The first-order valence-corrected chi connectivity index (χ1v) is 10.1. The normalized spacial score (nSPS) is 23.2. The third kappa shape index (κ3) is 3.59. The SMILES string of the molecule is NC1([C@H]2COc3ccccc3[C@@H]2Nc2ncnc3[nH]c(C(F)(F)F)cc23)CCOCC1. The number of nitrogens with one attached hydrogen (secondary N) is 2. The number of nitrogens with zero attached hydrogens (tertiary/aromatic N) is 2. The first-order valence-electron chi connectivity index (χ1n) is 10.1. The molecule has 164 valence electrons. The summed E-state index contributed by atoms with van der Waals surface area (Å²) in [6.45, 7) is 1.51. The first kappa shape index (κ1) is 20.1. The van der Waals surface area contributed by atoms with Gasteiger partial charge in [0.15, 0.2) is 0 Å². The fourth-order valence-corrected chi connectivity index (χ4v) is 4.51. The van der Waals surface area contributed by atoms with Crippen molar-refractivity contribution >= 4 is 16.9 Å². The van der Waals surface area contributed by atoms with Crippen molar-refractivity contribution in [2.45, 2.75) is 30.6 Å². The van der Waals surface area contributed by atoms with E-state index in [2.05, 4.69) is 20.3 Å². The molecule has 0 unspecified atom stereocenters. The van der Waals surface area contributed by atoms with Crippen LogP contribution in [0.3, 0.4) is 0 Å². The Balaban J connectivity index is 1.57. The minimum atomic E-state index is -4.50. The highest BCUT2D eigenvalue weighted by Gasteiger charge is 2.45. The van der Waals surface area contributed by atoms with Gasteiger partial charge in [-0.15, -0.1) is 0 Å². The lowest BCUT2D eigenvalue weighted by Crippen LogP contribution is -2.57. The number of hydrogen-bond acceptors (Lipinski definition) is 6. The number of benzene rings is 1. The van der Waals surface area contributed by atoms with Gasteiger partial charge in [-0.1, -0.05) is 18.2 Å². The molecule has 2 aliphatic rings. The molecule has 4 heterocycles. The van der Waals surface area contributed by atoms with Crippen LogP contribution in [0.5, 0.6) is 5.75 Å². The van der Waals surface area contributed by atoms with Crippen molar-refractivity contribution in [1.82, 2.24) is 15.0 Å². The average Bonchev–Trinajstić information content (AvgIpc) is 3.20. The van der Waals surface area contributed by atoms with Crippen LogP contribution in [-0.2, 0) is 10.9 Å². The molecule has 1 aromatic carbocycles. The van der Waals surface area contributed by atoms with E-state index in [4.69, 9.17) is 15.2 Å². The molecular formula is C21H22F3N5O2. The molecule has 1 fully saturated rings. The van der Waals surface area contributed by atoms with E-state index in [-0.39, 0.29) is 23.0 Å². The highest BCUT2D eigenvalue weighted by Crippen LogP contribution is 2.44. The Hall–Kier alpha value is -2.85. The third-order valence-corrected chi connectivity index (χ3v) is 6.26. The maximum Gasteiger partial charge on any atom is 0.431 e. The fraction of sp³-hybridized carbons (Fsp3) is 0.429. The molecule has 31 heavy (non-hydrogen) atoms. The molecule has 2 aromatic heterocycles. The van der Waals surface area contributed by atoms with Gasteiger partial charge < -0.3 is 25.5 Å². The van der Waals surface area contributed by atoms with Crippen molar-refractivity contribution in [1.29, 1.82) is 0 Å². The van der Waals surface area contributed by atoms with E-state index in [9.17, 15) is 13.2 Å².